The summed E-state index contributed by atoms with van der Waals surface area (Å²) >= 11 is 14.6. The van der Waals surface area contributed by atoms with Crippen molar-refractivity contribution in [3.63, 3.8) is 0 Å². The molecule has 1 aromatic carbocycles. The number of fused-ring (bicyclic) bond motifs is 1. The first-order valence-corrected chi connectivity index (χ1v) is 14.4. The van der Waals surface area contributed by atoms with Gasteiger partial charge < -0.3 is 10.6 Å². The van der Waals surface area contributed by atoms with Crippen LogP contribution >= 0.6 is 35.0 Å². The van der Waals surface area contributed by atoms with Gasteiger partial charge in [-0.2, -0.15) is 30.0 Å². The number of nitrogens with zero attached hydrogens (tertiary/aromatic N) is 3. The highest BCUT2D eigenvalue weighted by molar-refractivity contribution is 7.98. The van der Waals surface area contributed by atoms with Crippen molar-refractivity contribution < 1.29 is 18.0 Å². The molecule has 0 bridgehead atoms. The van der Waals surface area contributed by atoms with Crippen molar-refractivity contribution in [2.24, 2.45) is 5.92 Å². The molecule has 1 aliphatic rings. The van der Waals surface area contributed by atoms with E-state index >= 15 is 0 Å². The minimum absolute atomic E-state index is 0.0373. The first-order valence-electron chi connectivity index (χ1n) is 12.2. The number of allylic oxidation sites excluding steroid dienone is 1. The zero-order valence-corrected chi connectivity index (χ0v) is 24.9. The average Bonchev–Trinajstić information content (AvgIpc) is 3.33. The molecule has 0 radical (unpaired) electrons. The molecule has 214 valence electrons. The first kappa shape index (κ1) is 31.7. The van der Waals surface area contributed by atoms with Crippen molar-refractivity contribution in [3.05, 3.63) is 88.0 Å². The molecule has 1 amide bonds. The van der Waals surface area contributed by atoms with E-state index in [0.29, 0.717) is 27.9 Å². The summed E-state index contributed by atoms with van der Waals surface area (Å²) in [4.78, 5) is 17.1. The minimum Gasteiger partial charge on any atom is -0.322 e. The number of benzene rings is 1. The Morgan fingerprint density at radius 2 is 1.85 bits per heavy atom. The van der Waals surface area contributed by atoms with E-state index < -0.39 is 17.8 Å². The number of alkyl halides is 3. The van der Waals surface area contributed by atoms with Crippen LogP contribution in [0.1, 0.15) is 48.1 Å². The smallest absolute Gasteiger partial charge is 0.322 e. The molecule has 40 heavy (non-hydrogen) atoms. The van der Waals surface area contributed by atoms with Gasteiger partial charge in [-0.05, 0) is 44.8 Å². The van der Waals surface area contributed by atoms with E-state index in [4.69, 9.17) is 23.2 Å². The van der Waals surface area contributed by atoms with Gasteiger partial charge in [-0.15, -0.1) is 0 Å². The van der Waals surface area contributed by atoms with Gasteiger partial charge in [-0.25, -0.2) is 9.67 Å². The highest BCUT2D eigenvalue weighted by Gasteiger charge is 2.37. The molecular formula is C28H30Cl2F3N5OS. The summed E-state index contributed by atoms with van der Waals surface area (Å²) in [6.07, 6.45) is 2.42. The van der Waals surface area contributed by atoms with Gasteiger partial charge in [0.1, 0.15) is 5.69 Å². The van der Waals surface area contributed by atoms with Crippen molar-refractivity contribution >= 4 is 52.0 Å². The zero-order chi connectivity index (χ0) is 29.7. The topological polar surface area (TPSA) is 71.8 Å². The standard InChI is InChI=1S/C22H15Cl2F3N4O.C6H15NS/c1-12-8-9-13-5-2-3-6-14(13)18(24)19(12)29-21(32)16-11-17(22(25,26)27)30-31(16)20-15(23)7-4-10-28-20;1-6(2,7-3)5-8-4/h2-12H,1H3,(H,29,32);7H,5H2,1-4H3. The monoisotopic (exact) mass is 611 g/mol. The molecule has 2 aromatic heterocycles. The lowest BCUT2D eigenvalue weighted by Gasteiger charge is -2.21. The molecule has 0 saturated heterocycles. The fourth-order valence-electron chi connectivity index (χ4n) is 3.70. The molecule has 6 nitrogen and oxygen atoms in total. The van der Waals surface area contributed by atoms with Crippen LogP contribution in [-0.2, 0) is 6.18 Å². The lowest BCUT2D eigenvalue weighted by Crippen LogP contribution is -2.38. The number of aromatic nitrogens is 3. The van der Waals surface area contributed by atoms with Crippen molar-refractivity contribution in [3.8, 4) is 5.82 Å². The van der Waals surface area contributed by atoms with Crippen molar-refractivity contribution in [1.29, 1.82) is 0 Å². The Kier molecular flexibility index (Phi) is 10.5. The molecule has 1 unspecified atom stereocenters. The number of pyridine rings is 1. The molecule has 1 aliphatic carbocycles. The third kappa shape index (κ3) is 7.69. The number of carbonyl (C=O) groups is 1. The highest BCUT2D eigenvalue weighted by Crippen LogP contribution is 2.34. The van der Waals surface area contributed by atoms with Crippen molar-refractivity contribution in [2.75, 3.05) is 19.1 Å². The Balaban J connectivity index is 0.000000482. The largest absolute Gasteiger partial charge is 0.435 e. The molecule has 4 rings (SSSR count). The van der Waals surface area contributed by atoms with Gasteiger partial charge in [0.25, 0.3) is 5.91 Å². The number of nitrogens with one attached hydrogen (secondary N) is 2. The van der Waals surface area contributed by atoms with Gasteiger partial charge in [0.15, 0.2) is 11.5 Å². The Morgan fingerprint density at radius 3 is 2.45 bits per heavy atom. The van der Waals surface area contributed by atoms with Crippen LogP contribution in [0.4, 0.5) is 13.2 Å². The fraction of sp³-hybridized carbons (Fsp3) is 0.321. The summed E-state index contributed by atoms with van der Waals surface area (Å²) in [6.45, 7) is 6.21. The van der Waals surface area contributed by atoms with E-state index in [0.717, 1.165) is 10.2 Å². The van der Waals surface area contributed by atoms with Crippen LogP contribution in [0, 0.1) is 5.92 Å². The second-order valence-electron chi connectivity index (χ2n) is 9.62. The predicted molar refractivity (Wildman–Crippen MR) is 158 cm³/mol. The molecule has 0 aliphatic heterocycles. The summed E-state index contributed by atoms with van der Waals surface area (Å²) in [5.41, 5.74) is 0.582. The van der Waals surface area contributed by atoms with Gasteiger partial charge in [-0.1, -0.05) is 66.5 Å². The maximum Gasteiger partial charge on any atom is 0.435 e. The van der Waals surface area contributed by atoms with Crippen molar-refractivity contribution in [1.82, 2.24) is 25.4 Å². The van der Waals surface area contributed by atoms with Crippen molar-refractivity contribution in [2.45, 2.75) is 32.5 Å². The van der Waals surface area contributed by atoms with E-state index in [-0.39, 0.29) is 22.5 Å². The van der Waals surface area contributed by atoms with Gasteiger partial charge in [-0.3, -0.25) is 4.79 Å². The van der Waals surface area contributed by atoms with Gasteiger partial charge in [0.05, 0.1) is 10.1 Å². The van der Waals surface area contributed by atoms with Gasteiger partial charge >= 0.3 is 6.18 Å². The summed E-state index contributed by atoms with van der Waals surface area (Å²) in [5, 5.41) is 9.76. The lowest BCUT2D eigenvalue weighted by molar-refractivity contribution is -0.141. The SMILES string of the molecule is CC1C=Cc2ccccc2C(Cl)=C1NC(=O)c1cc(C(F)(F)F)nn1-c1ncccc1Cl.CNC(C)(C)CSC. The van der Waals surface area contributed by atoms with E-state index in [1.54, 1.807) is 12.1 Å². The van der Waals surface area contributed by atoms with E-state index in [9.17, 15) is 18.0 Å². The van der Waals surface area contributed by atoms with E-state index in [2.05, 4.69) is 40.8 Å². The van der Waals surface area contributed by atoms with Crippen LogP contribution in [-0.4, -0.2) is 45.3 Å². The number of hydrogen-bond acceptors (Lipinski definition) is 5. The molecule has 1 atom stereocenters. The summed E-state index contributed by atoms with van der Waals surface area (Å²) in [5.74, 6) is -0.0731. The molecule has 2 N–H and O–H groups in total. The summed E-state index contributed by atoms with van der Waals surface area (Å²) < 4.78 is 40.9. The lowest BCUT2D eigenvalue weighted by atomic mass is 10.1. The number of amides is 1. The summed E-state index contributed by atoms with van der Waals surface area (Å²) in [7, 11) is 2.00. The predicted octanol–water partition coefficient (Wildman–Crippen LogP) is 7.29. The maximum absolute atomic E-state index is 13.4. The maximum atomic E-state index is 13.4. The molecule has 12 heteroatoms. The van der Waals surface area contributed by atoms with Crippen LogP contribution in [0.25, 0.3) is 16.9 Å². The zero-order valence-electron chi connectivity index (χ0n) is 22.6. The quantitative estimate of drug-likeness (QED) is 0.306. The van der Waals surface area contributed by atoms with Crippen LogP contribution < -0.4 is 10.6 Å². The van der Waals surface area contributed by atoms with Gasteiger partial charge in [0, 0.05) is 40.7 Å². The number of hydrogen-bond donors (Lipinski definition) is 2. The molecule has 2 heterocycles. The molecule has 0 saturated carbocycles. The Morgan fingerprint density at radius 1 is 1.15 bits per heavy atom. The number of thioether (sulfide) groups is 1. The number of halogens is 5. The summed E-state index contributed by atoms with van der Waals surface area (Å²) in [6, 6.07) is 10.9. The number of rotatable bonds is 6. The molecule has 3 aromatic rings. The normalized spacial score (nSPS) is 15.2. The van der Waals surface area contributed by atoms with Crippen LogP contribution in [0.5, 0.6) is 0 Å². The van der Waals surface area contributed by atoms with E-state index in [1.165, 1.54) is 24.1 Å². The van der Waals surface area contributed by atoms with Crippen LogP contribution in [0.15, 0.2) is 60.4 Å². The fourth-order valence-corrected chi connectivity index (χ4v) is 5.15. The van der Waals surface area contributed by atoms with Crippen LogP contribution in [0.2, 0.25) is 5.02 Å². The first-order chi connectivity index (χ1) is 18.8. The second-order valence-corrected chi connectivity index (χ2v) is 11.3. The number of carbonyl (C=O) groups excluding carboxylic acids is 1. The highest BCUT2D eigenvalue weighted by atomic mass is 35.5. The Labute approximate surface area is 246 Å². The molecule has 0 spiro atoms. The third-order valence-corrected chi connectivity index (χ3v) is 7.77. The molecule has 0 fully saturated rings. The third-order valence-electron chi connectivity index (χ3n) is 6.06. The Bertz CT molecular complexity index is 1420. The van der Waals surface area contributed by atoms with E-state index in [1.807, 2.05) is 50.0 Å². The second kappa shape index (κ2) is 13.2. The average molecular weight is 613 g/mol. The Hall–Kier alpha value is -2.79. The minimum atomic E-state index is -4.77. The molecular weight excluding hydrogens is 582 g/mol. The van der Waals surface area contributed by atoms with Crippen LogP contribution in [0.3, 0.4) is 0 Å². The van der Waals surface area contributed by atoms with Gasteiger partial charge in [0.2, 0.25) is 0 Å².